The van der Waals surface area contributed by atoms with E-state index in [1.807, 2.05) is 23.1 Å². The fraction of sp³-hybridized carbons (Fsp3) is 0.267. The Morgan fingerprint density at radius 1 is 1.33 bits per heavy atom. The zero-order valence-electron chi connectivity index (χ0n) is 11.3. The van der Waals surface area contributed by atoms with Gasteiger partial charge in [-0.15, -0.1) is 0 Å². The zero-order chi connectivity index (χ0) is 15.0. The molecule has 2 heterocycles. The van der Waals surface area contributed by atoms with E-state index in [4.69, 9.17) is 10.8 Å². The molecule has 1 saturated heterocycles. The monoisotopic (exact) mass is 285 g/mol. The molecule has 1 aliphatic rings. The number of pyridine rings is 1. The summed E-state index contributed by atoms with van der Waals surface area (Å²) < 4.78 is 0. The van der Waals surface area contributed by atoms with Crippen molar-refractivity contribution in [3.8, 4) is 0 Å². The first kappa shape index (κ1) is 13.4. The number of amides is 1. The van der Waals surface area contributed by atoms with E-state index in [-0.39, 0.29) is 0 Å². The average Bonchev–Trinajstić information content (AvgIpc) is 2.96. The minimum Gasteiger partial charge on any atom is -0.481 e. The Hall–Kier alpha value is -2.63. The van der Waals surface area contributed by atoms with Crippen molar-refractivity contribution in [2.75, 3.05) is 18.0 Å². The van der Waals surface area contributed by atoms with Crippen molar-refractivity contribution >= 4 is 28.6 Å². The summed E-state index contributed by atoms with van der Waals surface area (Å²) in [4.78, 5) is 29.1. The molecule has 0 aliphatic carbocycles. The Morgan fingerprint density at radius 3 is 2.76 bits per heavy atom. The number of anilines is 1. The minimum atomic E-state index is -0.798. The zero-order valence-corrected chi connectivity index (χ0v) is 11.3. The molecule has 2 aromatic rings. The minimum absolute atomic E-state index is 0.393. The van der Waals surface area contributed by atoms with E-state index >= 15 is 0 Å². The van der Waals surface area contributed by atoms with Crippen molar-refractivity contribution in [1.82, 2.24) is 4.98 Å². The second kappa shape index (κ2) is 5.05. The van der Waals surface area contributed by atoms with E-state index in [9.17, 15) is 9.59 Å². The van der Waals surface area contributed by atoms with Gasteiger partial charge in [0.2, 0.25) is 5.91 Å². The number of rotatable bonds is 3. The van der Waals surface area contributed by atoms with Crippen LogP contribution in [0.4, 0.5) is 5.82 Å². The number of hydrogen-bond donors (Lipinski definition) is 2. The smallest absolute Gasteiger partial charge is 0.308 e. The number of carboxylic acids is 1. The summed E-state index contributed by atoms with van der Waals surface area (Å²) in [7, 11) is 0. The number of benzene rings is 1. The topological polar surface area (TPSA) is 96.5 Å². The van der Waals surface area contributed by atoms with Gasteiger partial charge in [0.05, 0.1) is 17.0 Å². The Kier molecular flexibility index (Phi) is 3.21. The molecule has 0 spiro atoms. The number of aliphatic carboxylic acids is 1. The van der Waals surface area contributed by atoms with Gasteiger partial charge >= 0.3 is 5.97 Å². The molecule has 3 rings (SSSR count). The van der Waals surface area contributed by atoms with Crippen LogP contribution in [0.3, 0.4) is 0 Å². The second-order valence-corrected chi connectivity index (χ2v) is 5.18. The van der Waals surface area contributed by atoms with Crippen molar-refractivity contribution in [1.29, 1.82) is 0 Å². The van der Waals surface area contributed by atoms with E-state index in [0.29, 0.717) is 41.8 Å². The van der Waals surface area contributed by atoms with Crippen LogP contribution < -0.4 is 10.6 Å². The van der Waals surface area contributed by atoms with Crippen LogP contribution in [0.2, 0.25) is 0 Å². The molecule has 1 atom stereocenters. The number of fused-ring (bicyclic) bond motifs is 1. The van der Waals surface area contributed by atoms with Crippen molar-refractivity contribution in [2.45, 2.75) is 6.42 Å². The number of para-hydroxylation sites is 1. The summed E-state index contributed by atoms with van der Waals surface area (Å²) in [6.45, 7) is 1.01. The van der Waals surface area contributed by atoms with Gasteiger partial charge < -0.3 is 15.7 Å². The van der Waals surface area contributed by atoms with Crippen molar-refractivity contribution in [3.05, 3.63) is 35.9 Å². The van der Waals surface area contributed by atoms with E-state index in [1.54, 1.807) is 12.1 Å². The molecule has 6 nitrogen and oxygen atoms in total. The molecule has 3 N–H and O–H groups in total. The first-order valence-electron chi connectivity index (χ1n) is 6.73. The molecule has 1 fully saturated rings. The normalized spacial score (nSPS) is 18.1. The first-order chi connectivity index (χ1) is 10.1. The number of aromatic nitrogens is 1. The maximum absolute atomic E-state index is 11.6. The van der Waals surface area contributed by atoms with E-state index in [0.717, 1.165) is 0 Å². The molecule has 21 heavy (non-hydrogen) atoms. The summed E-state index contributed by atoms with van der Waals surface area (Å²) in [5.41, 5.74) is 6.54. The number of carbonyl (C=O) groups excluding carboxylic acids is 1. The van der Waals surface area contributed by atoms with Gasteiger partial charge in [0.1, 0.15) is 5.82 Å². The second-order valence-electron chi connectivity index (χ2n) is 5.18. The summed E-state index contributed by atoms with van der Waals surface area (Å²) in [5.74, 6) is -1.10. The number of nitrogens with zero attached hydrogens (tertiary/aromatic N) is 2. The van der Waals surface area contributed by atoms with Crippen LogP contribution in [-0.4, -0.2) is 35.1 Å². The van der Waals surface area contributed by atoms with Gasteiger partial charge in [-0.3, -0.25) is 9.59 Å². The lowest BCUT2D eigenvalue weighted by atomic mass is 10.1. The molecular weight excluding hydrogens is 270 g/mol. The van der Waals surface area contributed by atoms with Gasteiger partial charge in [-0.1, -0.05) is 18.2 Å². The van der Waals surface area contributed by atoms with Gasteiger partial charge in [-0.05, 0) is 18.6 Å². The average molecular weight is 285 g/mol. The Balaban J connectivity index is 2.04. The molecule has 1 aromatic heterocycles. The lowest BCUT2D eigenvalue weighted by Gasteiger charge is -2.18. The van der Waals surface area contributed by atoms with E-state index in [2.05, 4.69) is 4.98 Å². The Labute approximate surface area is 121 Å². The maximum Gasteiger partial charge on any atom is 0.308 e. The highest BCUT2D eigenvalue weighted by molar-refractivity contribution is 6.06. The van der Waals surface area contributed by atoms with Gasteiger partial charge in [0.25, 0.3) is 0 Å². The van der Waals surface area contributed by atoms with Crippen LogP contribution in [0.1, 0.15) is 16.8 Å². The van der Waals surface area contributed by atoms with Crippen LogP contribution in [0.25, 0.3) is 10.9 Å². The molecule has 1 unspecified atom stereocenters. The molecule has 0 saturated carbocycles. The number of nitrogens with two attached hydrogens (primary N) is 1. The molecule has 0 radical (unpaired) electrons. The predicted octanol–water partition coefficient (Wildman–Crippen LogP) is 1.24. The molecule has 0 bridgehead atoms. The van der Waals surface area contributed by atoms with Crippen LogP contribution in [0.15, 0.2) is 30.3 Å². The van der Waals surface area contributed by atoms with Crippen LogP contribution in [-0.2, 0) is 4.79 Å². The van der Waals surface area contributed by atoms with Crippen molar-refractivity contribution < 1.29 is 14.7 Å². The summed E-state index contributed by atoms with van der Waals surface area (Å²) in [5, 5.41) is 9.78. The van der Waals surface area contributed by atoms with E-state index in [1.165, 1.54) is 0 Å². The number of carboxylic acid groups (broad SMARTS) is 1. The molecule has 1 aliphatic heterocycles. The highest BCUT2D eigenvalue weighted by Crippen LogP contribution is 2.27. The largest absolute Gasteiger partial charge is 0.481 e. The molecule has 1 amide bonds. The summed E-state index contributed by atoms with van der Waals surface area (Å²) >= 11 is 0. The van der Waals surface area contributed by atoms with Crippen LogP contribution >= 0.6 is 0 Å². The fourth-order valence-electron chi connectivity index (χ4n) is 2.70. The highest BCUT2D eigenvalue weighted by Gasteiger charge is 2.29. The number of primary amides is 1. The predicted molar refractivity (Wildman–Crippen MR) is 78.2 cm³/mol. The number of hydrogen-bond acceptors (Lipinski definition) is 4. The molecule has 6 heteroatoms. The number of carbonyl (C=O) groups is 2. The Bertz CT molecular complexity index is 729. The first-order valence-corrected chi connectivity index (χ1v) is 6.73. The van der Waals surface area contributed by atoms with Gasteiger partial charge in [-0.2, -0.15) is 0 Å². The fourth-order valence-corrected chi connectivity index (χ4v) is 2.70. The third kappa shape index (κ3) is 2.40. The quantitative estimate of drug-likeness (QED) is 0.884. The highest BCUT2D eigenvalue weighted by atomic mass is 16.4. The van der Waals surface area contributed by atoms with Crippen LogP contribution in [0.5, 0.6) is 0 Å². The summed E-state index contributed by atoms with van der Waals surface area (Å²) in [6.07, 6.45) is 0.579. The van der Waals surface area contributed by atoms with Gasteiger partial charge in [0.15, 0.2) is 0 Å². The lowest BCUT2D eigenvalue weighted by Crippen LogP contribution is -2.24. The lowest BCUT2D eigenvalue weighted by molar-refractivity contribution is -0.140. The van der Waals surface area contributed by atoms with Crippen LogP contribution in [0, 0.1) is 5.92 Å². The van der Waals surface area contributed by atoms with Gasteiger partial charge in [-0.25, -0.2) is 4.98 Å². The SMILES string of the molecule is NC(=O)c1cc(N2CCC(C(=O)O)C2)nc2ccccc12. The third-order valence-corrected chi connectivity index (χ3v) is 3.83. The van der Waals surface area contributed by atoms with Crippen molar-refractivity contribution in [2.24, 2.45) is 11.7 Å². The summed E-state index contributed by atoms with van der Waals surface area (Å²) in [6, 6.07) is 8.93. The van der Waals surface area contributed by atoms with E-state index < -0.39 is 17.8 Å². The standard InChI is InChI=1S/C15H15N3O3/c16-14(19)11-7-13(17-12-4-2-1-3-10(11)12)18-6-5-9(8-18)15(20)21/h1-4,7,9H,5-6,8H2,(H2,16,19)(H,20,21). The molecule has 1 aromatic carbocycles. The Morgan fingerprint density at radius 2 is 2.10 bits per heavy atom. The maximum atomic E-state index is 11.6. The van der Waals surface area contributed by atoms with Crippen molar-refractivity contribution in [3.63, 3.8) is 0 Å². The molecular formula is C15H15N3O3. The third-order valence-electron chi connectivity index (χ3n) is 3.83. The molecule has 108 valence electrons. The van der Waals surface area contributed by atoms with Gasteiger partial charge in [0, 0.05) is 18.5 Å².